The summed E-state index contributed by atoms with van der Waals surface area (Å²) in [4.78, 5) is 22.9. The van der Waals surface area contributed by atoms with Crippen molar-refractivity contribution in [2.75, 3.05) is 19.0 Å². The third-order valence-electron chi connectivity index (χ3n) is 3.50. The summed E-state index contributed by atoms with van der Waals surface area (Å²) >= 11 is 0. The summed E-state index contributed by atoms with van der Waals surface area (Å²) < 4.78 is 0. The predicted molar refractivity (Wildman–Crippen MR) is 87.7 cm³/mol. The Labute approximate surface area is 131 Å². The van der Waals surface area contributed by atoms with Gasteiger partial charge in [-0.2, -0.15) is 0 Å². The van der Waals surface area contributed by atoms with Gasteiger partial charge in [-0.25, -0.2) is 9.97 Å². The molecule has 2 rings (SSSR count). The highest BCUT2D eigenvalue weighted by molar-refractivity contribution is 5.83. The maximum atomic E-state index is 12.4. The molecule has 1 aromatic heterocycles. The van der Waals surface area contributed by atoms with Crippen LogP contribution in [0.2, 0.25) is 0 Å². The van der Waals surface area contributed by atoms with Gasteiger partial charge in [0.15, 0.2) is 0 Å². The molecule has 0 saturated carbocycles. The van der Waals surface area contributed by atoms with Gasteiger partial charge >= 0.3 is 0 Å². The Balaban J connectivity index is 2.01. The SMILES string of the molecule is CCC(C(=O)NCc1nccc(N(C)C)n1)c1ccccc1. The number of nitrogens with zero attached hydrogens (tertiary/aromatic N) is 3. The van der Waals surface area contributed by atoms with E-state index in [9.17, 15) is 4.79 Å². The van der Waals surface area contributed by atoms with Crippen molar-refractivity contribution in [3.05, 3.63) is 54.0 Å². The van der Waals surface area contributed by atoms with Gasteiger partial charge in [-0.15, -0.1) is 0 Å². The van der Waals surface area contributed by atoms with E-state index >= 15 is 0 Å². The number of nitrogens with one attached hydrogen (secondary N) is 1. The molecule has 0 fully saturated rings. The molecule has 1 N–H and O–H groups in total. The Kier molecular flexibility index (Phi) is 5.47. The van der Waals surface area contributed by atoms with E-state index in [4.69, 9.17) is 0 Å². The number of carbonyl (C=O) groups excluding carboxylic acids is 1. The van der Waals surface area contributed by atoms with E-state index in [-0.39, 0.29) is 11.8 Å². The van der Waals surface area contributed by atoms with Gasteiger partial charge < -0.3 is 10.2 Å². The second-order valence-electron chi connectivity index (χ2n) is 5.31. The van der Waals surface area contributed by atoms with E-state index in [1.807, 2.05) is 62.3 Å². The van der Waals surface area contributed by atoms with Crippen LogP contribution in [0.5, 0.6) is 0 Å². The lowest BCUT2D eigenvalue weighted by atomic mass is 9.96. The van der Waals surface area contributed by atoms with Crippen LogP contribution in [0.15, 0.2) is 42.6 Å². The molecule has 1 atom stereocenters. The number of hydrogen-bond acceptors (Lipinski definition) is 4. The van der Waals surface area contributed by atoms with Gasteiger partial charge in [-0.3, -0.25) is 4.79 Å². The Hall–Kier alpha value is -2.43. The molecular weight excluding hydrogens is 276 g/mol. The third kappa shape index (κ3) is 4.04. The fourth-order valence-electron chi connectivity index (χ4n) is 2.27. The number of hydrogen-bond donors (Lipinski definition) is 1. The van der Waals surface area contributed by atoms with Crippen LogP contribution >= 0.6 is 0 Å². The van der Waals surface area contributed by atoms with Crippen molar-refractivity contribution >= 4 is 11.7 Å². The Morgan fingerprint density at radius 3 is 2.59 bits per heavy atom. The highest BCUT2D eigenvalue weighted by Gasteiger charge is 2.18. The molecule has 1 unspecified atom stereocenters. The lowest BCUT2D eigenvalue weighted by molar-refractivity contribution is -0.122. The zero-order chi connectivity index (χ0) is 15.9. The van der Waals surface area contributed by atoms with E-state index in [1.165, 1.54) is 0 Å². The number of aromatic nitrogens is 2. The minimum Gasteiger partial charge on any atom is -0.363 e. The van der Waals surface area contributed by atoms with Gasteiger partial charge in [0.25, 0.3) is 0 Å². The summed E-state index contributed by atoms with van der Waals surface area (Å²) in [6.07, 6.45) is 2.47. The molecule has 0 aliphatic heterocycles. The monoisotopic (exact) mass is 298 g/mol. The normalized spacial score (nSPS) is 11.8. The fourth-order valence-corrected chi connectivity index (χ4v) is 2.27. The van der Waals surface area contributed by atoms with Crippen molar-refractivity contribution in [2.24, 2.45) is 0 Å². The highest BCUT2D eigenvalue weighted by atomic mass is 16.1. The Morgan fingerprint density at radius 2 is 1.95 bits per heavy atom. The van der Waals surface area contributed by atoms with Crippen molar-refractivity contribution in [3.63, 3.8) is 0 Å². The minimum absolute atomic E-state index is 0.00700. The van der Waals surface area contributed by atoms with Gasteiger partial charge in [0.1, 0.15) is 11.6 Å². The number of benzene rings is 1. The molecule has 0 aliphatic carbocycles. The van der Waals surface area contributed by atoms with Gasteiger partial charge in [0, 0.05) is 20.3 Å². The maximum absolute atomic E-state index is 12.4. The summed E-state index contributed by atoms with van der Waals surface area (Å²) in [5.74, 6) is 1.31. The number of carbonyl (C=O) groups is 1. The average Bonchev–Trinajstić information content (AvgIpc) is 2.55. The zero-order valence-corrected chi connectivity index (χ0v) is 13.3. The summed E-state index contributed by atoms with van der Waals surface area (Å²) in [6.45, 7) is 2.35. The zero-order valence-electron chi connectivity index (χ0n) is 13.3. The Morgan fingerprint density at radius 1 is 1.23 bits per heavy atom. The third-order valence-corrected chi connectivity index (χ3v) is 3.50. The smallest absolute Gasteiger partial charge is 0.227 e. The van der Waals surface area contributed by atoms with E-state index in [2.05, 4.69) is 15.3 Å². The summed E-state index contributed by atoms with van der Waals surface area (Å²) in [6, 6.07) is 11.7. The second kappa shape index (κ2) is 7.54. The highest BCUT2D eigenvalue weighted by Crippen LogP contribution is 2.19. The summed E-state index contributed by atoms with van der Waals surface area (Å²) in [7, 11) is 3.85. The molecule has 0 radical (unpaired) electrons. The van der Waals surface area contributed by atoms with Crippen LogP contribution in [0.1, 0.15) is 30.7 Å². The van der Waals surface area contributed by atoms with Gasteiger partial charge in [0.05, 0.1) is 12.5 Å². The van der Waals surface area contributed by atoms with Crippen LogP contribution in [0.4, 0.5) is 5.82 Å². The van der Waals surface area contributed by atoms with Crippen LogP contribution in [0, 0.1) is 0 Å². The number of amides is 1. The van der Waals surface area contributed by atoms with Crippen molar-refractivity contribution in [1.82, 2.24) is 15.3 Å². The molecule has 0 saturated heterocycles. The summed E-state index contributed by atoms with van der Waals surface area (Å²) in [5.41, 5.74) is 1.03. The van der Waals surface area contributed by atoms with E-state index in [1.54, 1.807) is 6.20 Å². The summed E-state index contributed by atoms with van der Waals surface area (Å²) in [5, 5.41) is 2.93. The van der Waals surface area contributed by atoms with E-state index in [0.717, 1.165) is 17.8 Å². The first-order valence-corrected chi connectivity index (χ1v) is 7.43. The van der Waals surface area contributed by atoms with Crippen LogP contribution in [0.3, 0.4) is 0 Å². The first kappa shape index (κ1) is 15.9. The predicted octanol–water partition coefficient (Wildman–Crippen LogP) is 2.35. The molecule has 1 amide bonds. The molecular formula is C17H22N4O. The number of anilines is 1. The molecule has 0 aliphatic rings. The van der Waals surface area contributed by atoms with Gasteiger partial charge in [-0.1, -0.05) is 37.3 Å². The lowest BCUT2D eigenvalue weighted by Gasteiger charge is -2.16. The van der Waals surface area contributed by atoms with Crippen molar-refractivity contribution in [3.8, 4) is 0 Å². The van der Waals surface area contributed by atoms with Gasteiger partial charge in [-0.05, 0) is 18.1 Å². The fraction of sp³-hybridized carbons (Fsp3) is 0.353. The van der Waals surface area contributed by atoms with Crippen LogP contribution in [-0.4, -0.2) is 30.0 Å². The molecule has 5 nitrogen and oxygen atoms in total. The van der Waals surface area contributed by atoms with Crippen molar-refractivity contribution in [2.45, 2.75) is 25.8 Å². The molecule has 0 spiro atoms. The standard InChI is InChI=1S/C17H22N4O/c1-4-14(13-8-6-5-7-9-13)17(22)19-12-15-18-11-10-16(20-15)21(2)3/h5-11,14H,4,12H2,1-3H3,(H,19,22). The quantitative estimate of drug-likeness (QED) is 0.889. The minimum atomic E-state index is -0.141. The molecule has 1 aromatic carbocycles. The number of rotatable bonds is 6. The molecule has 22 heavy (non-hydrogen) atoms. The maximum Gasteiger partial charge on any atom is 0.227 e. The van der Waals surface area contributed by atoms with Crippen molar-refractivity contribution < 1.29 is 4.79 Å². The molecule has 1 heterocycles. The van der Waals surface area contributed by atoms with Crippen LogP contribution in [-0.2, 0) is 11.3 Å². The first-order valence-electron chi connectivity index (χ1n) is 7.43. The van der Waals surface area contributed by atoms with Crippen LogP contribution in [0.25, 0.3) is 0 Å². The first-order chi connectivity index (χ1) is 10.6. The van der Waals surface area contributed by atoms with E-state index < -0.39 is 0 Å². The Bertz CT molecular complexity index is 613. The molecule has 2 aromatic rings. The molecule has 0 bridgehead atoms. The van der Waals surface area contributed by atoms with E-state index in [0.29, 0.717) is 12.4 Å². The van der Waals surface area contributed by atoms with Crippen LogP contribution < -0.4 is 10.2 Å². The second-order valence-corrected chi connectivity index (χ2v) is 5.31. The molecule has 116 valence electrons. The van der Waals surface area contributed by atoms with Gasteiger partial charge in [0.2, 0.25) is 5.91 Å². The average molecular weight is 298 g/mol. The van der Waals surface area contributed by atoms with Crippen molar-refractivity contribution in [1.29, 1.82) is 0 Å². The topological polar surface area (TPSA) is 58.1 Å². The largest absolute Gasteiger partial charge is 0.363 e. The molecule has 5 heteroatoms. The lowest BCUT2D eigenvalue weighted by Crippen LogP contribution is -2.29.